The van der Waals surface area contributed by atoms with Crippen molar-refractivity contribution in [2.45, 2.75) is 17.9 Å². The molecule has 0 saturated heterocycles. The molecule has 0 fully saturated rings. The first kappa shape index (κ1) is 21.5. The van der Waals surface area contributed by atoms with E-state index in [0.29, 0.717) is 12.1 Å². The SMILES string of the molecule is O=C(CCNS(=O)(=O)c1ccc(F)c(F)c1)NCC(=O)OCc1ccccc1. The summed E-state index contributed by atoms with van der Waals surface area (Å²) in [4.78, 5) is 22.8. The monoisotopic (exact) mass is 412 g/mol. The molecule has 0 aliphatic rings. The highest BCUT2D eigenvalue weighted by atomic mass is 32.2. The summed E-state index contributed by atoms with van der Waals surface area (Å²) in [5.74, 6) is -3.68. The van der Waals surface area contributed by atoms with Crippen molar-refractivity contribution < 1.29 is 31.5 Å². The molecule has 28 heavy (non-hydrogen) atoms. The Morgan fingerprint density at radius 3 is 2.39 bits per heavy atom. The normalized spacial score (nSPS) is 11.1. The standard InChI is InChI=1S/C18H18F2N2O5S/c19-15-7-6-14(10-16(15)20)28(25,26)22-9-8-17(23)21-11-18(24)27-12-13-4-2-1-3-5-13/h1-7,10,22H,8-9,11-12H2,(H,21,23). The highest BCUT2D eigenvalue weighted by Gasteiger charge is 2.16. The molecule has 2 rings (SSSR count). The molecular formula is C18H18F2N2O5S. The summed E-state index contributed by atoms with van der Waals surface area (Å²) in [6, 6.07) is 11.1. The Kier molecular flexibility index (Phi) is 7.59. The van der Waals surface area contributed by atoms with E-state index in [4.69, 9.17) is 4.74 Å². The molecule has 0 radical (unpaired) electrons. The van der Waals surface area contributed by atoms with E-state index >= 15 is 0 Å². The second-order valence-corrected chi connectivity index (χ2v) is 7.41. The molecule has 1 amide bonds. The predicted octanol–water partition coefficient (Wildman–Crippen LogP) is 1.49. The van der Waals surface area contributed by atoms with Gasteiger partial charge in [0.2, 0.25) is 15.9 Å². The van der Waals surface area contributed by atoms with Crippen LogP contribution >= 0.6 is 0 Å². The summed E-state index contributed by atoms with van der Waals surface area (Å²) >= 11 is 0. The van der Waals surface area contributed by atoms with Gasteiger partial charge in [0.25, 0.3) is 0 Å². The molecular weight excluding hydrogens is 394 g/mol. The van der Waals surface area contributed by atoms with E-state index in [0.717, 1.165) is 11.6 Å². The number of hydrogen-bond donors (Lipinski definition) is 2. The molecule has 2 aromatic carbocycles. The summed E-state index contributed by atoms with van der Waals surface area (Å²) in [7, 11) is -4.09. The molecule has 0 aliphatic heterocycles. The van der Waals surface area contributed by atoms with Crippen molar-refractivity contribution in [1.29, 1.82) is 0 Å². The van der Waals surface area contributed by atoms with Gasteiger partial charge in [0.15, 0.2) is 11.6 Å². The van der Waals surface area contributed by atoms with Gasteiger partial charge in [0, 0.05) is 13.0 Å². The van der Waals surface area contributed by atoms with Crippen molar-refractivity contribution in [1.82, 2.24) is 10.0 Å². The first-order chi connectivity index (χ1) is 13.3. The lowest BCUT2D eigenvalue weighted by Crippen LogP contribution is -2.34. The van der Waals surface area contributed by atoms with Crippen molar-refractivity contribution in [3.8, 4) is 0 Å². The molecule has 2 aromatic rings. The van der Waals surface area contributed by atoms with Crippen molar-refractivity contribution in [2.75, 3.05) is 13.1 Å². The lowest BCUT2D eigenvalue weighted by atomic mass is 10.2. The van der Waals surface area contributed by atoms with Crippen LogP contribution in [0.5, 0.6) is 0 Å². The fourth-order valence-corrected chi connectivity index (χ4v) is 3.12. The second-order valence-electron chi connectivity index (χ2n) is 5.65. The average molecular weight is 412 g/mol. The van der Waals surface area contributed by atoms with E-state index < -0.39 is 38.4 Å². The van der Waals surface area contributed by atoms with Gasteiger partial charge in [-0.15, -0.1) is 0 Å². The molecule has 0 aromatic heterocycles. The Bertz CT molecular complexity index is 936. The number of rotatable bonds is 9. The van der Waals surface area contributed by atoms with Crippen LogP contribution in [0.1, 0.15) is 12.0 Å². The number of sulfonamides is 1. The minimum atomic E-state index is -4.09. The van der Waals surface area contributed by atoms with Gasteiger partial charge in [0.1, 0.15) is 13.2 Å². The molecule has 10 heteroatoms. The van der Waals surface area contributed by atoms with Gasteiger partial charge in [-0.2, -0.15) is 0 Å². The molecule has 2 N–H and O–H groups in total. The van der Waals surface area contributed by atoms with Gasteiger partial charge < -0.3 is 10.1 Å². The number of carbonyl (C=O) groups excluding carboxylic acids is 2. The fourth-order valence-electron chi connectivity index (χ4n) is 2.07. The zero-order valence-corrected chi connectivity index (χ0v) is 15.5. The number of amides is 1. The van der Waals surface area contributed by atoms with Gasteiger partial charge in [-0.05, 0) is 23.8 Å². The number of halogens is 2. The highest BCUT2D eigenvalue weighted by molar-refractivity contribution is 7.89. The molecule has 0 atom stereocenters. The maximum atomic E-state index is 13.1. The van der Waals surface area contributed by atoms with Crippen molar-refractivity contribution in [2.24, 2.45) is 0 Å². The van der Waals surface area contributed by atoms with Crippen LogP contribution in [0.3, 0.4) is 0 Å². The van der Waals surface area contributed by atoms with Crippen LogP contribution in [-0.4, -0.2) is 33.4 Å². The number of benzene rings is 2. The van der Waals surface area contributed by atoms with Crippen molar-refractivity contribution in [3.05, 3.63) is 65.7 Å². The first-order valence-electron chi connectivity index (χ1n) is 8.19. The van der Waals surface area contributed by atoms with Gasteiger partial charge in [-0.25, -0.2) is 21.9 Å². The van der Waals surface area contributed by atoms with E-state index in [9.17, 15) is 26.8 Å². The zero-order chi connectivity index (χ0) is 20.6. The number of nitrogens with one attached hydrogen (secondary N) is 2. The number of ether oxygens (including phenoxy) is 1. The fraction of sp³-hybridized carbons (Fsp3) is 0.222. The highest BCUT2D eigenvalue weighted by Crippen LogP contribution is 2.13. The van der Waals surface area contributed by atoms with Gasteiger partial charge in [0.05, 0.1) is 4.90 Å². The minimum Gasteiger partial charge on any atom is -0.460 e. The van der Waals surface area contributed by atoms with Crippen LogP contribution in [0.25, 0.3) is 0 Å². The van der Waals surface area contributed by atoms with E-state index in [1.54, 1.807) is 24.3 Å². The largest absolute Gasteiger partial charge is 0.460 e. The predicted molar refractivity (Wildman–Crippen MR) is 95.4 cm³/mol. The third kappa shape index (κ3) is 6.71. The summed E-state index contributed by atoms with van der Waals surface area (Å²) in [5.41, 5.74) is 0.800. The van der Waals surface area contributed by atoms with Gasteiger partial charge in [-0.1, -0.05) is 30.3 Å². The quantitative estimate of drug-likeness (QED) is 0.608. The lowest BCUT2D eigenvalue weighted by Gasteiger charge is -2.08. The average Bonchev–Trinajstić information content (AvgIpc) is 2.67. The van der Waals surface area contributed by atoms with Crippen LogP contribution in [-0.2, 0) is 31.0 Å². The molecule has 0 spiro atoms. The Morgan fingerprint density at radius 2 is 1.71 bits per heavy atom. The van der Waals surface area contributed by atoms with Crippen LogP contribution < -0.4 is 10.0 Å². The summed E-state index contributed by atoms with van der Waals surface area (Å²) < 4.78 is 57.0. The van der Waals surface area contributed by atoms with Crippen LogP contribution in [0, 0.1) is 11.6 Å². The third-order valence-corrected chi connectivity index (χ3v) is 4.98. The van der Waals surface area contributed by atoms with Crippen LogP contribution in [0.2, 0.25) is 0 Å². The number of hydrogen-bond acceptors (Lipinski definition) is 5. The minimum absolute atomic E-state index is 0.0730. The van der Waals surface area contributed by atoms with E-state index in [2.05, 4.69) is 10.0 Å². The van der Waals surface area contributed by atoms with E-state index in [-0.39, 0.29) is 26.1 Å². The maximum Gasteiger partial charge on any atom is 0.325 e. The summed E-state index contributed by atoms with van der Waals surface area (Å²) in [6.07, 6.45) is -0.255. The molecule has 0 saturated carbocycles. The third-order valence-electron chi connectivity index (χ3n) is 3.52. The number of carbonyl (C=O) groups is 2. The molecule has 150 valence electrons. The molecule has 0 bridgehead atoms. The molecule has 0 heterocycles. The Balaban J connectivity index is 1.70. The topological polar surface area (TPSA) is 102 Å². The van der Waals surface area contributed by atoms with Gasteiger partial charge >= 0.3 is 5.97 Å². The summed E-state index contributed by atoms with van der Waals surface area (Å²) in [6.45, 7) is -0.572. The molecule has 0 aliphatic carbocycles. The van der Waals surface area contributed by atoms with Crippen LogP contribution in [0.4, 0.5) is 8.78 Å². The number of esters is 1. The van der Waals surface area contributed by atoms with Gasteiger partial charge in [-0.3, -0.25) is 9.59 Å². The molecule has 7 nitrogen and oxygen atoms in total. The smallest absolute Gasteiger partial charge is 0.325 e. The van der Waals surface area contributed by atoms with E-state index in [1.165, 1.54) is 0 Å². The van der Waals surface area contributed by atoms with Crippen LogP contribution in [0.15, 0.2) is 53.4 Å². The molecule has 0 unspecified atom stereocenters. The van der Waals surface area contributed by atoms with Crippen molar-refractivity contribution >= 4 is 21.9 Å². The Labute approximate surface area is 160 Å². The Hall–Kier alpha value is -2.85. The summed E-state index contributed by atoms with van der Waals surface area (Å²) in [5, 5.41) is 2.30. The first-order valence-corrected chi connectivity index (χ1v) is 9.67. The Morgan fingerprint density at radius 1 is 1.00 bits per heavy atom. The van der Waals surface area contributed by atoms with E-state index in [1.807, 2.05) is 6.07 Å². The zero-order valence-electron chi connectivity index (χ0n) is 14.7. The van der Waals surface area contributed by atoms with Crippen molar-refractivity contribution in [3.63, 3.8) is 0 Å². The maximum absolute atomic E-state index is 13.1. The second kappa shape index (κ2) is 9.90. The lowest BCUT2D eigenvalue weighted by molar-refractivity contribution is -0.145.